The summed E-state index contributed by atoms with van der Waals surface area (Å²) in [4.78, 5) is 2.52. The highest BCUT2D eigenvalue weighted by atomic mass is 16.5. The van der Waals surface area contributed by atoms with Gasteiger partial charge in [0.05, 0.1) is 6.10 Å². The molecule has 102 valence electrons. The molecule has 0 amide bonds. The molecule has 0 saturated carbocycles. The van der Waals surface area contributed by atoms with Gasteiger partial charge in [-0.15, -0.1) is 0 Å². The predicted octanol–water partition coefficient (Wildman–Crippen LogP) is 2.12. The zero-order valence-electron chi connectivity index (χ0n) is 11.9. The summed E-state index contributed by atoms with van der Waals surface area (Å²) in [5, 5.41) is 3.37. The highest BCUT2D eigenvalue weighted by Gasteiger charge is 2.13. The van der Waals surface area contributed by atoms with Crippen molar-refractivity contribution in [1.82, 2.24) is 10.2 Å². The molecule has 0 aromatic heterocycles. The largest absolute Gasteiger partial charge is 0.378 e. The fourth-order valence-corrected chi connectivity index (χ4v) is 2.40. The van der Waals surface area contributed by atoms with Crippen LogP contribution < -0.4 is 5.32 Å². The Morgan fingerprint density at radius 2 is 2.00 bits per heavy atom. The topological polar surface area (TPSA) is 24.5 Å². The van der Waals surface area contributed by atoms with E-state index < -0.39 is 0 Å². The molecule has 1 heterocycles. The molecule has 1 fully saturated rings. The lowest BCUT2D eigenvalue weighted by molar-refractivity contribution is 0.0275. The molecule has 1 N–H and O–H groups in total. The van der Waals surface area contributed by atoms with E-state index in [0.29, 0.717) is 6.10 Å². The number of piperidine rings is 1. The van der Waals surface area contributed by atoms with Gasteiger partial charge in [-0.2, -0.15) is 0 Å². The van der Waals surface area contributed by atoms with E-state index in [9.17, 15) is 0 Å². The number of hydrogen-bond acceptors (Lipinski definition) is 3. The van der Waals surface area contributed by atoms with Gasteiger partial charge in [-0.1, -0.05) is 20.8 Å². The van der Waals surface area contributed by atoms with Gasteiger partial charge in [-0.3, -0.25) is 0 Å². The van der Waals surface area contributed by atoms with Crippen molar-refractivity contribution in [2.24, 2.45) is 5.92 Å². The van der Waals surface area contributed by atoms with E-state index in [1.54, 1.807) is 0 Å². The minimum absolute atomic E-state index is 0.511. The SMILES string of the molecule is CCN(CCCOC1CCNCC1)CC(C)C. The third kappa shape index (κ3) is 7.02. The Morgan fingerprint density at radius 1 is 1.29 bits per heavy atom. The number of nitrogens with one attached hydrogen (secondary N) is 1. The molecule has 0 radical (unpaired) electrons. The first kappa shape index (κ1) is 14.9. The zero-order chi connectivity index (χ0) is 12.5. The summed E-state index contributed by atoms with van der Waals surface area (Å²) in [6, 6.07) is 0. The van der Waals surface area contributed by atoms with Crippen LogP contribution in [0.2, 0.25) is 0 Å². The van der Waals surface area contributed by atoms with Crippen LogP contribution in [0.5, 0.6) is 0 Å². The standard InChI is InChI=1S/C14H30N2O/c1-4-16(12-13(2)3)10-5-11-17-14-6-8-15-9-7-14/h13-15H,4-12H2,1-3H3. The van der Waals surface area contributed by atoms with Crippen molar-refractivity contribution in [1.29, 1.82) is 0 Å². The molecule has 1 aliphatic rings. The number of rotatable bonds is 8. The highest BCUT2D eigenvalue weighted by Crippen LogP contribution is 2.08. The zero-order valence-corrected chi connectivity index (χ0v) is 11.9. The van der Waals surface area contributed by atoms with E-state index in [1.165, 1.54) is 32.4 Å². The molecule has 0 aliphatic carbocycles. The van der Waals surface area contributed by atoms with Crippen LogP contribution in [0.1, 0.15) is 40.0 Å². The first-order valence-electron chi connectivity index (χ1n) is 7.27. The minimum atomic E-state index is 0.511. The molecule has 17 heavy (non-hydrogen) atoms. The van der Waals surface area contributed by atoms with Crippen molar-refractivity contribution in [2.45, 2.75) is 46.1 Å². The quantitative estimate of drug-likeness (QED) is 0.660. The number of ether oxygens (including phenoxy) is 1. The molecule has 1 saturated heterocycles. The molecule has 0 aromatic rings. The average molecular weight is 242 g/mol. The van der Waals surface area contributed by atoms with Gasteiger partial charge in [-0.25, -0.2) is 0 Å². The van der Waals surface area contributed by atoms with Gasteiger partial charge in [0.15, 0.2) is 0 Å². The van der Waals surface area contributed by atoms with Crippen molar-refractivity contribution >= 4 is 0 Å². The van der Waals surface area contributed by atoms with E-state index in [2.05, 4.69) is 31.0 Å². The molecule has 1 rings (SSSR count). The highest BCUT2D eigenvalue weighted by molar-refractivity contribution is 4.68. The molecule has 0 atom stereocenters. The lowest BCUT2D eigenvalue weighted by Gasteiger charge is -2.25. The van der Waals surface area contributed by atoms with E-state index in [4.69, 9.17) is 4.74 Å². The maximum Gasteiger partial charge on any atom is 0.0599 e. The summed E-state index contributed by atoms with van der Waals surface area (Å²) in [5.41, 5.74) is 0. The molecule has 3 nitrogen and oxygen atoms in total. The third-order valence-corrected chi connectivity index (χ3v) is 3.33. The van der Waals surface area contributed by atoms with Crippen molar-refractivity contribution in [3.63, 3.8) is 0 Å². The van der Waals surface area contributed by atoms with Crippen LogP contribution in [-0.4, -0.2) is 50.3 Å². The molecule has 0 bridgehead atoms. The van der Waals surface area contributed by atoms with E-state index in [-0.39, 0.29) is 0 Å². The molecular weight excluding hydrogens is 212 g/mol. The predicted molar refractivity (Wildman–Crippen MR) is 73.4 cm³/mol. The van der Waals surface area contributed by atoms with Crippen LogP contribution in [0.4, 0.5) is 0 Å². The maximum absolute atomic E-state index is 5.92. The van der Waals surface area contributed by atoms with Crippen molar-refractivity contribution in [3.05, 3.63) is 0 Å². The van der Waals surface area contributed by atoms with Gasteiger partial charge in [-0.05, 0) is 44.8 Å². The van der Waals surface area contributed by atoms with E-state index in [1.807, 2.05) is 0 Å². The third-order valence-electron chi connectivity index (χ3n) is 3.33. The van der Waals surface area contributed by atoms with Gasteiger partial charge >= 0.3 is 0 Å². The smallest absolute Gasteiger partial charge is 0.0599 e. The van der Waals surface area contributed by atoms with E-state index in [0.717, 1.165) is 32.2 Å². The Bertz CT molecular complexity index is 179. The summed E-state index contributed by atoms with van der Waals surface area (Å²) >= 11 is 0. The Labute approximate surface area is 107 Å². The Balaban J connectivity index is 2.01. The first-order chi connectivity index (χ1) is 8.22. The van der Waals surface area contributed by atoms with Gasteiger partial charge in [0.2, 0.25) is 0 Å². The molecule has 0 aromatic carbocycles. The normalized spacial score (nSPS) is 18.2. The minimum Gasteiger partial charge on any atom is -0.378 e. The molecule has 0 spiro atoms. The van der Waals surface area contributed by atoms with Gasteiger partial charge in [0, 0.05) is 19.7 Å². The van der Waals surface area contributed by atoms with E-state index >= 15 is 0 Å². The molecule has 1 aliphatic heterocycles. The fraction of sp³-hybridized carbons (Fsp3) is 1.00. The lowest BCUT2D eigenvalue weighted by Crippen LogP contribution is -2.33. The fourth-order valence-electron chi connectivity index (χ4n) is 2.40. The second-order valence-corrected chi connectivity index (χ2v) is 5.46. The van der Waals surface area contributed by atoms with Crippen LogP contribution >= 0.6 is 0 Å². The summed E-state index contributed by atoms with van der Waals surface area (Å²) in [5.74, 6) is 0.764. The Kier molecular flexibility index (Phi) is 7.82. The van der Waals surface area contributed by atoms with Crippen LogP contribution in [0.25, 0.3) is 0 Å². The number of hydrogen-bond donors (Lipinski definition) is 1. The lowest BCUT2D eigenvalue weighted by atomic mass is 10.1. The van der Waals surface area contributed by atoms with Gasteiger partial charge < -0.3 is 15.0 Å². The summed E-state index contributed by atoms with van der Waals surface area (Å²) < 4.78 is 5.92. The number of nitrogens with zero attached hydrogens (tertiary/aromatic N) is 1. The second-order valence-electron chi connectivity index (χ2n) is 5.46. The summed E-state index contributed by atoms with van der Waals surface area (Å²) in [6.45, 7) is 13.5. The van der Waals surface area contributed by atoms with Crippen molar-refractivity contribution in [3.8, 4) is 0 Å². The first-order valence-corrected chi connectivity index (χ1v) is 7.27. The average Bonchev–Trinajstić information content (AvgIpc) is 2.34. The van der Waals surface area contributed by atoms with Gasteiger partial charge in [0.1, 0.15) is 0 Å². The summed E-state index contributed by atoms with van der Waals surface area (Å²) in [6.07, 6.45) is 4.05. The monoisotopic (exact) mass is 242 g/mol. The van der Waals surface area contributed by atoms with Crippen LogP contribution in [0, 0.1) is 5.92 Å². The molecular formula is C14H30N2O. The Hall–Kier alpha value is -0.120. The van der Waals surface area contributed by atoms with Crippen LogP contribution in [0.15, 0.2) is 0 Å². The van der Waals surface area contributed by atoms with Crippen LogP contribution in [-0.2, 0) is 4.74 Å². The molecule has 0 unspecified atom stereocenters. The molecule has 3 heteroatoms. The van der Waals surface area contributed by atoms with Gasteiger partial charge in [0.25, 0.3) is 0 Å². The second kappa shape index (κ2) is 8.90. The Morgan fingerprint density at radius 3 is 2.59 bits per heavy atom. The van der Waals surface area contributed by atoms with Crippen molar-refractivity contribution < 1.29 is 4.74 Å². The summed E-state index contributed by atoms with van der Waals surface area (Å²) in [7, 11) is 0. The van der Waals surface area contributed by atoms with Crippen molar-refractivity contribution in [2.75, 3.05) is 39.3 Å². The van der Waals surface area contributed by atoms with Crippen LogP contribution in [0.3, 0.4) is 0 Å². The maximum atomic E-state index is 5.92.